The van der Waals surface area contributed by atoms with Crippen molar-refractivity contribution in [3.05, 3.63) is 77.9 Å². The van der Waals surface area contributed by atoms with Gasteiger partial charge in [-0.3, -0.25) is 9.10 Å². The van der Waals surface area contributed by atoms with Crippen molar-refractivity contribution in [3.63, 3.8) is 0 Å². The molecule has 0 radical (unpaired) electrons. The third kappa shape index (κ3) is 6.30. The van der Waals surface area contributed by atoms with Crippen LogP contribution in [0.5, 0.6) is 17.2 Å². The lowest BCUT2D eigenvalue weighted by Crippen LogP contribution is -2.39. The molecule has 35 heavy (non-hydrogen) atoms. The number of nitrogens with zero attached hydrogens (tertiary/aromatic N) is 2. The lowest BCUT2D eigenvalue weighted by molar-refractivity contribution is -0.119. The van der Waals surface area contributed by atoms with Crippen LogP contribution in [0, 0.1) is 6.92 Å². The summed E-state index contributed by atoms with van der Waals surface area (Å²) in [6.07, 6.45) is 0. The number of carbonyl (C=O) groups excluding carboxylic acids is 1. The molecule has 3 N–H and O–H groups in total. The van der Waals surface area contributed by atoms with E-state index in [9.17, 15) is 23.4 Å². The first-order valence-corrected chi connectivity index (χ1v) is 12.2. The fourth-order valence-corrected chi connectivity index (χ4v) is 4.65. The molecule has 0 aliphatic heterocycles. The van der Waals surface area contributed by atoms with E-state index in [0.717, 1.165) is 15.9 Å². The van der Waals surface area contributed by atoms with Gasteiger partial charge in [0, 0.05) is 11.6 Å². The summed E-state index contributed by atoms with van der Waals surface area (Å²) in [5.41, 5.74) is 4.16. The molecule has 3 rings (SSSR count). The Morgan fingerprint density at radius 1 is 1.03 bits per heavy atom. The Bertz CT molecular complexity index is 1320. The minimum Gasteiger partial charge on any atom is -0.508 e. The third-order valence-electron chi connectivity index (χ3n) is 5.05. The van der Waals surface area contributed by atoms with Gasteiger partial charge in [-0.2, -0.15) is 5.10 Å². The number of ether oxygens (including phenoxy) is 1. The van der Waals surface area contributed by atoms with Crippen molar-refractivity contribution in [1.29, 1.82) is 0 Å². The van der Waals surface area contributed by atoms with Gasteiger partial charge in [-0.15, -0.1) is 0 Å². The summed E-state index contributed by atoms with van der Waals surface area (Å²) in [6, 6.07) is 16.7. The number of hydrogen-bond acceptors (Lipinski definition) is 7. The van der Waals surface area contributed by atoms with Gasteiger partial charge < -0.3 is 14.9 Å². The maximum Gasteiger partial charge on any atom is 0.264 e. The second kappa shape index (κ2) is 10.9. The van der Waals surface area contributed by atoms with Crippen molar-refractivity contribution in [3.8, 4) is 17.2 Å². The van der Waals surface area contributed by atoms with Crippen LogP contribution in [0.3, 0.4) is 0 Å². The molecule has 10 heteroatoms. The summed E-state index contributed by atoms with van der Waals surface area (Å²) < 4.78 is 33.3. The highest BCUT2D eigenvalue weighted by Crippen LogP contribution is 2.26. The molecule has 0 aromatic heterocycles. The van der Waals surface area contributed by atoms with Crippen LogP contribution >= 0.6 is 0 Å². The highest BCUT2D eigenvalue weighted by atomic mass is 32.2. The Hall–Kier alpha value is -4.05. The molecule has 0 unspecified atom stereocenters. The largest absolute Gasteiger partial charge is 0.508 e. The number of carbonyl (C=O) groups is 1. The highest BCUT2D eigenvalue weighted by molar-refractivity contribution is 7.92. The highest BCUT2D eigenvalue weighted by Gasteiger charge is 2.27. The van der Waals surface area contributed by atoms with E-state index >= 15 is 0 Å². The van der Waals surface area contributed by atoms with Crippen molar-refractivity contribution in [2.24, 2.45) is 5.10 Å². The van der Waals surface area contributed by atoms with Gasteiger partial charge in [-0.1, -0.05) is 17.7 Å². The van der Waals surface area contributed by atoms with Gasteiger partial charge in [-0.25, -0.2) is 13.8 Å². The number of nitrogens with one attached hydrogen (secondary N) is 1. The maximum absolute atomic E-state index is 13.5. The molecule has 3 aromatic carbocycles. The number of hydrazone groups is 1. The summed E-state index contributed by atoms with van der Waals surface area (Å²) in [6.45, 7) is 5.18. The SMILES string of the molecule is CCOc1ccc(S(=O)(=O)N(CC(=O)N/N=C(/C)c2ccc(O)cc2O)c2ccc(C)cc2)cc1. The number of phenolic OH excluding ortho intramolecular Hbond substituents is 2. The monoisotopic (exact) mass is 497 g/mol. The molecule has 0 heterocycles. The van der Waals surface area contributed by atoms with Crippen LogP contribution in [-0.2, 0) is 14.8 Å². The van der Waals surface area contributed by atoms with Gasteiger partial charge in [0.1, 0.15) is 23.8 Å². The van der Waals surface area contributed by atoms with Crippen LogP contribution in [0.1, 0.15) is 25.0 Å². The molecule has 0 spiro atoms. The van der Waals surface area contributed by atoms with E-state index in [0.29, 0.717) is 23.6 Å². The van der Waals surface area contributed by atoms with Crippen molar-refractivity contribution >= 4 is 27.3 Å². The second-order valence-corrected chi connectivity index (χ2v) is 9.55. The number of phenols is 2. The number of amides is 1. The van der Waals surface area contributed by atoms with E-state index < -0.39 is 22.5 Å². The van der Waals surface area contributed by atoms with E-state index in [-0.39, 0.29) is 22.1 Å². The minimum absolute atomic E-state index is 0.00280. The molecule has 0 aliphatic carbocycles. The van der Waals surface area contributed by atoms with Gasteiger partial charge in [0.25, 0.3) is 15.9 Å². The number of sulfonamides is 1. The standard InChI is InChI=1S/C25H27N3O6S/c1-4-34-21-10-12-22(13-11-21)35(32,33)28(19-7-5-17(2)6-8-19)16-25(31)27-26-18(3)23-14-9-20(29)15-24(23)30/h5-15,29-30H,4,16H2,1-3H3,(H,27,31)/b26-18-. The van der Waals surface area contributed by atoms with Crippen LogP contribution in [0.2, 0.25) is 0 Å². The first-order chi connectivity index (χ1) is 16.6. The number of anilines is 1. The molecule has 0 bridgehead atoms. The molecule has 0 fully saturated rings. The zero-order valence-electron chi connectivity index (χ0n) is 19.6. The first kappa shape index (κ1) is 25.6. The molecular formula is C25H27N3O6S. The predicted octanol–water partition coefficient (Wildman–Crippen LogP) is 3.54. The van der Waals surface area contributed by atoms with E-state index in [1.54, 1.807) is 43.3 Å². The van der Waals surface area contributed by atoms with Gasteiger partial charge in [-0.05, 0) is 69.3 Å². The van der Waals surface area contributed by atoms with Crippen molar-refractivity contribution in [2.45, 2.75) is 25.7 Å². The number of rotatable bonds is 9. The molecule has 0 aliphatic rings. The second-order valence-electron chi connectivity index (χ2n) is 7.69. The molecule has 184 valence electrons. The molecule has 0 saturated carbocycles. The first-order valence-electron chi connectivity index (χ1n) is 10.8. The number of aryl methyl sites for hydroxylation is 1. The topological polar surface area (TPSA) is 129 Å². The molecular weight excluding hydrogens is 470 g/mol. The number of benzene rings is 3. The Morgan fingerprint density at radius 2 is 1.69 bits per heavy atom. The van der Waals surface area contributed by atoms with Crippen LogP contribution in [0.4, 0.5) is 5.69 Å². The predicted molar refractivity (Wildman–Crippen MR) is 133 cm³/mol. The summed E-state index contributed by atoms with van der Waals surface area (Å²) in [5, 5.41) is 23.4. The van der Waals surface area contributed by atoms with E-state index in [4.69, 9.17) is 4.74 Å². The zero-order chi connectivity index (χ0) is 25.6. The molecule has 3 aromatic rings. The number of hydrogen-bond donors (Lipinski definition) is 3. The molecule has 1 amide bonds. The van der Waals surface area contributed by atoms with E-state index in [1.807, 2.05) is 13.8 Å². The number of aromatic hydroxyl groups is 2. The Labute approximate surface area is 204 Å². The van der Waals surface area contributed by atoms with Crippen LogP contribution in [0.25, 0.3) is 0 Å². The van der Waals surface area contributed by atoms with Gasteiger partial charge in [0.2, 0.25) is 0 Å². The van der Waals surface area contributed by atoms with Crippen LogP contribution in [-0.4, -0.2) is 43.4 Å². The third-order valence-corrected chi connectivity index (χ3v) is 6.84. The van der Waals surface area contributed by atoms with Gasteiger partial charge in [0.05, 0.1) is 22.9 Å². The van der Waals surface area contributed by atoms with Crippen LogP contribution < -0.4 is 14.5 Å². The molecule has 0 saturated heterocycles. The van der Waals surface area contributed by atoms with Crippen LogP contribution in [0.15, 0.2) is 76.7 Å². The Kier molecular flexibility index (Phi) is 7.98. The fourth-order valence-electron chi connectivity index (χ4n) is 3.23. The van der Waals surface area contributed by atoms with Crippen molar-refractivity contribution in [2.75, 3.05) is 17.5 Å². The zero-order valence-corrected chi connectivity index (χ0v) is 20.4. The lowest BCUT2D eigenvalue weighted by atomic mass is 10.1. The lowest BCUT2D eigenvalue weighted by Gasteiger charge is -2.24. The fraction of sp³-hybridized carbons (Fsp3) is 0.200. The van der Waals surface area contributed by atoms with E-state index in [1.165, 1.54) is 24.3 Å². The summed E-state index contributed by atoms with van der Waals surface area (Å²) in [5.74, 6) is -0.470. The average Bonchev–Trinajstić information content (AvgIpc) is 2.82. The van der Waals surface area contributed by atoms with Gasteiger partial charge in [0.15, 0.2) is 0 Å². The van der Waals surface area contributed by atoms with Crippen molar-refractivity contribution < 1.29 is 28.2 Å². The van der Waals surface area contributed by atoms with E-state index in [2.05, 4.69) is 10.5 Å². The summed E-state index contributed by atoms with van der Waals surface area (Å²) in [4.78, 5) is 12.7. The smallest absolute Gasteiger partial charge is 0.264 e. The average molecular weight is 498 g/mol. The van der Waals surface area contributed by atoms with Gasteiger partial charge >= 0.3 is 0 Å². The Morgan fingerprint density at radius 3 is 2.29 bits per heavy atom. The Balaban J connectivity index is 1.87. The molecule has 0 atom stereocenters. The quantitative estimate of drug-likeness (QED) is 0.306. The maximum atomic E-state index is 13.5. The summed E-state index contributed by atoms with van der Waals surface area (Å²) in [7, 11) is -4.10. The molecule has 9 nitrogen and oxygen atoms in total. The minimum atomic E-state index is -4.10. The van der Waals surface area contributed by atoms with Crippen molar-refractivity contribution in [1.82, 2.24) is 5.43 Å². The normalized spacial score (nSPS) is 11.7. The summed E-state index contributed by atoms with van der Waals surface area (Å²) >= 11 is 0.